The lowest BCUT2D eigenvalue weighted by molar-refractivity contribution is -0.121. The number of nitrogens with zero attached hydrogens (tertiary/aromatic N) is 1. The summed E-state index contributed by atoms with van der Waals surface area (Å²) < 4.78 is 4.78. The third-order valence-electron chi connectivity index (χ3n) is 0.985. The minimum Gasteiger partial charge on any atom is -0.442 e. The number of hydrogen-bond donors (Lipinski definition) is 1. The Labute approximate surface area is 77.6 Å². The predicted molar refractivity (Wildman–Crippen MR) is 47.0 cm³/mol. The van der Waals surface area contributed by atoms with E-state index in [-0.39, 0.29) is 0 Å². The highest BCUT2D eigenvalue weighted by Gasteiger charge is 2.21. The molecule has 0 spiro atoms. The van der Waals surface area contributed by atoms with Gasteiger partial charge in [0, 0.05) is 0 Å². The van der Waals surface area contributed by atoms with E-state index in [1.807, 2.05) is 0 Å². The molecule has 13 heavy (non-hydrogen) atoms. The Balaban J connectivity index is 3.96. The molecule has 0 rings (SSSR count). The molecule has 0 aliphatic carbocycles. The highest BCUT2D eigenvalue weighted by atomic mass is 16.6. The summed E-state index contributed by atoms with van der Waals surface area (Å²) in [6, 6.07) is -0.771. The van der Waals surface area contributed by atoms with Crippen molar-refractivity contribution in [3.63, 3.8) is 0 Å². The first-order valence-electron chi connectivity index (χ1n) is 3.96. The van der Waals surface area contributed by atoms with Crippen LogP contribution in [0.2, 0.25) is 0 Å². The fourth-order valence-electron chi connectivity index (χ4n) is 0.477. The van der Waals surface area contributed by atoms with Crippen LogP contribution < -0.4 is 11.1 Å². The molecule has 0 aliphatic heterocycles. The minimum absolute atomic E-state index is 0.640. The summed E-state index contributed by atoms with van der Waals surface area (Å²) >= 11 is 0. The van der Waals surface area contributed by atoms with Gasteiger partial charge in [0.2, 0.25) is 0 Å². The van der Waals surface area contributed by atoms with Crippen LogP contribution in [-0.2, 0) is 9.53 Å². The SMILES string of the molecule is C[C@H](N)C(=O)[N]C(=O)OC(C)(C)C. The van der Waals surface area contributed by atoms with Crippen LogP contribution in [0.3, 0.4) is 0 Å². The lowest BCUT2D eigenvalue weighted by Crippen LogP contribution is -2.39. The number of nitrogens with two attached hydrogens (primary N) is 1. The second-order valence-electron chi connectivity index (χ2n) is 3.72. The van der Waals surface area contributed by atoms with Crippen LogP contribution in [0, 0.1) is 0 Å². The van der Waals surface area contributed by atoms with Gasteiger partial charge in [-0.2, -0.15) is 0 Å². The average molecular weight is 187 g/mol. The Kier molecular flexibility index (Phi) is 3.87. The van der Waals surface area contributed by atoms with E-state index in [4.69, 9.17) is 10.5 Å². The van der Waals surface area contributed by atoms with Crippen LogP contribution in [0.5, 0.6) is 0 Å². The maximum Gasteiger partial charge on any atom is 0.437 e. The molecule has 1 atom stereocenters. The third-order valence-corrected chi connectivity index (χ3v) is 0.985. The fraction of sp³-hybridized carbons (Fsp3) is 0.750. The molecule has 0 aromatic carbocycles. The Morgan fingerprint density at radius 2 is 1.85 bits per heavy atom. The Hall–Kier alpha value is -1.10. The zero-order valence-electron chi connectivity index (χ0n) is 8.33. The quantitative estimate of drug-likeness (QED) is 0.644. The minimum atomic E-state index is -0.894. The third kappa shape index (κ3) is 6.10. The number of amides is 2. The lowest BCUT2D eigenvalue weighted by atomic mass is 10.2. The van der Waals surface area contributed by atoms with E-state index in [0.717, 1.165) is 0 Å². The molecule has 5 heteroatoms. The number of ether oxygens (including phenoxy) is 1. The molecule has 0 unspecified atom stereocenters. The highest BCUT2D eigenvalue weighted by molar-refractivity contribution is 5.94. The van der Waals surface area contributed by atoms with Crippen molar-refractivity contribution in [2.24, 2.45) is 5.73 Å². The van der Waals surface area contributed by atoms with Gasteiger partial charge in [0.1, 0.15) is 5.60 Å². The summed E-state index contributed by atoms with van der Waals surface area (Å²) in [6.07, 6.45) is -0.894. The number of rotatable bonds is 1. The summed E-state index contributed by atoms with van der Waals surface area (Å²) in [7, 11) is 0. The van der Waals surface area contributed by atoms with Gasteiger partial charge in [-0.25, -0.2) is 4.79 Å². The lowest BCUT2D eigenvalue weighted by Gasteiger charge is -2.18. The van der Waals surface area contributed by atoms with Gasteiger partial charge in [-0.15, -0.1) is 5.32 Å². The summed E-state index contributed by atoms with van der Waals surface area (Å²) in [5.41, 5.74) is 4.56. The second kappa shape index (κ2) is 4.23. The van der Waals surface area contributed by atoms with Crippen molar-refractivity contribution < 1.29 is 14.3 Å². The van der Waals surface area contributed by atoms with Gasteiger partial charge >= 0.3 is 6.09 Å². The van der Waals surface area contributed by atoms with Crippen molar-refractivity contribution in [3.05, 3.63) is 0 Å². The number of carbonyl (C=O) groups is 2. The van der Waals surface area contributed by atoms with Crippen molar-refractivity contribution >= 4 is 12.0 Å². The van der Waals surface area contributed by atoms with E-state index in [2.05, 4.69) is 5.32 Å². The molecule has 5 nitrogen and oxygen atoms in total. The maximum atomic E-state index is 10.9. The number of imide groups is 1. The van der Waals surface area contributed by atoms with Crippen LogP contribution in [0.4, 0.5) is 4.79 Å². The van der Waals surface area contributed by atoms with E-state index in [0.29, 0.717) is 0 Å². The number of carbonyl (C=O) groups excluding carboxylic acids is 2. The van der Waals surface area contributed by atoms with Crippen LogP contribution in [0.1, 0.15) is 27.7 Å². The first-order valence-corrected chi connectivity index (χ1v) is 3.96. The van der Waals surface area contributed by atoms with E-state index in [1.54, 1.807) is 20.8 Å². The molecule has 0 saturated heterocycles. The zero-order chi connectivity index (χ0) is 10.6. The van der Waals surface area contributed by atoms with Gasteiger partial charge in [0.15, 0.2) is 0 Å². The van der Waals surface area contributed by atoms with Crippen LogP contribution >= 0.6 is 0 Å². The van der Waals surface area contributed by atoms with Gasteiger partial charge in [0.05, 0.1) is 6.04 Å². The monoisotopic (exact) mass is 187 g/mol. The molecule has 0 aliphatic rings. The molecule has 0 bridgehead atoms. The molecule has 1 radical (unpaired) electrons. The van der Waals surface area contributed by atoms with Crippen LogP contribution in [0.25, 0.3) is 0 Å². The first-order chi connectivity index (χ1) is 5.72. The largest absolute Gasteiger partial charge is 0.442 e. The van der Waals surface area contributed by atoms with Gasteiger partial charge in [-0.05, 0) is 27.7 Å². The maximum absolute atomic E-state index is 10.9. The van der Waals surface area contributed by atoms with E-state index >= 15 is 0 Å². The van der Waals surface area contributed by atoms with Crippen LogP contribution in [0.15, 0.2) is 0 Å². The van der Waals surface area contributed by atoms with Crippen molar-refractivity contribution in [1.29, 1.82) is 0 Å². The second-order valence-corrected chi connectivity index (χ2v) is 3.72. The van der Waals surface area contributed by atoms with Crippen LogP contribution in [-0.4, -0.2) is 23.6 Å². The van der Waals surface area contributed by atoms with Crippen molar-refractivity contribution in [2.45, 2.75) is 39.3 Å². The Bertz CT molecular complexity index is 206. The van der Waals surface area contributed by atoms with Gasteiger partial charge < -0.3 is 10.5 Å². The van der Waals surface area contributed by atoms with Gasteiger partial charge in [0.25, 0.3) is 5.91 Å². The zero-order valence-corrected chi connectivity index (χ0v) is 8.33. The molecule has 2 amide bonds. The fourth-order valence-corrected chi connectivity index (χ4v) is 0.477. The smallest absolute Gasteiger partial charge is 0.437 e. The topological polar surface area (TPSA) is 83.5 Å². The summed E-state index contributed by atoms with van der Waals surface area (Å²) in [5, 5.41) is 3.14. The van der Waals surface area contributed by atoms with Gasteiger partial charge in [-0.3, -0.25) is 4.79 Å². The molecule has 75 valence electrons. The molecule has 0 heterocycles. The highest BCUT2D eigenvalue weighted by Crippen LogP contribution is 2.06. The van der Waals surface area contributed by atoms with Crippen molar-refractivity contribution in [3.8, 4) is 0 Å². The summed E-state index contributed by atoms with van der Waals surface area (Å²) in [4.78, 5) is 21.8. The Morgan fingerprint density at radius 3 is 2.15 bits per heavy atom. The van der Waals surface area contributed by atoms with Crippen molar-refractivity contribution in [1.82, 2.24) is 5.32 Å². The molecule has 2 N–H and O–H groups in total. The number of hydrogen-bond acceptors (Lipinski definition) is 4. The summed E-state index contributed by atoms with van der Waals surface area (Å²) in [6.45, 7) is 6.53. The van der Waals surface area contributed by atoms with Crippen molar-refractivity contribution in [2.75, 3.05) is 0 Å². The molecule has 0 fully saturated rings. The predicted octanol–water partition coefficient (Wildman–Crippen LogP) is 0.400. The molecule has 0 saturated carbocycles. The average Bonchev–Trinajstić information content (AvgIpc) is 1.81. The summed E-state index contributed by atoms with van der Waals surface area (Å²) in [5.74, 6) is -0.672. The van der Waals surface area contributed by atoms with E-state index in [1.165, 1.54) is 6.92 Å². The van der Waals surface area contributed by atoms with E-state index in [9.17, 15) is 9.59 Å². The standard InChI is InChI=1S/C8H15N2O3/c1-5(9)6(11)10-7(12)13-8(2,3)4/h5H,9H2,1-4H3/t5-/m0/s1. The van der Waals surface area contributed by atoms with Gasteiger partial charge in [-0.1, -0.05) is 0 Å². The Morgan fingerprint density at radius 1 is 1.38 bits per heavy atom. The molecular formula is C8H15N2O3. The molecular weight excluding hydrogens is 172 g/mol. The first kappa shape index (κ1) is 11.9. The normalized spacial score (nSPS) is 13.3. The molecule has 0 aromatic rings. The molecule has 0 aromatic heterocycles. The van der Waals surface area contributed by atoms with E-state index < -0.39 is 23.6 Å².